The summed E-state index contributed by atoms with van der Waals surface area (Å²) in [6.45, 7) is 4.97. The van der Waals surface area contributed by atoms with Crippen molar-refractivity contribution in [3.05, 3.63) is 46.6 Å². The molecule has 7 heteroatoms. The third kappa shape index (κ3) is 4.76. The first-order chi connectivity index (χ1) is 12.1. The Morgan fingerprint density at radius 1 is 1.24 bits per heavy atom. The second-order valence-electron chi connectivity index (χ2n) is 5.01. The van der Waals surface area contributed by atoms with Crippen molar-refractivity contribution >= 4 is 17.5 Å². The second-order valence-corrected chi connectivity index (χ2v) is 5.41. The highest BCUT2D eigenvalue weighted by molar-refractivity contribution is 6.32. The summed E-state index contributed by atoms with van der Waals surface area (Å²) in [7, 11) is 1.50. The number of halogens is 1. The fourth-order valence-corrected chi connectivity index (χ4v) is 2.50. The van der Waals surface area contributed by atoms with E-state index < -0.39 is 0 Å². The van der Waals surface area contributed by atoms with E-state index in [1.165, 1.54) is 7.11 Å². The summed E-state index contributed by atoms with van der Waals surface area (Å²) in [5.41, 5.74) is 1.17. The largest absolute Gasteiger partial charge is 0.493 e. The van der Waals surface area contributed by atoms with Crippen LogP contribution in [0.2, 0.25) is 5.02 Å². The van der Waals surface area contributed by atoms with E-state index in [0.717, 1.165) is 5.56 Å². The average Bonchev–Trinajstić information content (AvgIpc) is 2.62. The Hall–Kier alpha value is -2.47. The normalized spacial score (nSPS) is 10.2. The number of pyridine rings is 1. The molecule has 0 bridgehead atoms. The molecule has 0 fully saturated rings. The van der Waals surface area contributed by atoms with E-state index >= 15 is 0 Å². The van der Waals surface area contributed by atoms with Crippen molar-refractivity contribution in [3.8, 4) is 17.4 Å². The fraction of sp³-hybridized carbons (Fsp3) is 0.333. The Kier molecular flexibility index (Phi) is 6.89. The van der Waals surface area contributed by atoms with Crippen LogP contribution in [0.25, 0.3) is 0 Å². The van der Waals surface area contributed by atoms with Gasteiger partial charge in [-0.15, -0.1) is 0 Å². The molecule has 1 aromatic heterocycles. The number of methoxy groups -OCH3 is 1. The number of ether oxygens (including phenoxy) is 3. The third-order valence-corrected chi connectivity index (χ3v) is 3.63. The summed E-state index contributed by atoms with van der Waals surface area (Å²) in [5.74, 6) is 1.06. The highest BCUT2D eigenvalue weighted by Gasteiger charge is 2.16. The van der Waals surface area contributed by atoms with Crippen LogP contribution in [0.1, 0.15) is 29.8 Å². The average molecular weight is 365 g/mol. The van der Waals surface area contributed by atoms with Crippen LogP contribution in [0.15, 0.2) is 30.5 Å². The van der Waals surface area contributed by atoms with E-state index in [1.807, 2.05) is 19.9 Å². The van der Waals surface area contributed by atoms with E-state index in [9.17, 15) is 4.79 Å². The van der Waals surface area contributed by atoms with Gasteiger partial charge in [-0.05, 0) is 32.0 Å². The molecule has 2 rings (SSSR count). The first-order valence-electron chi connectivity index (χ1n) is 7.95. The maximum atomic E-state index is 12.4. The first kappa shape index (κ1) is 18.9. The molecule has 1 N–H and O–H groups in total. The van der Waals surface area contributed by atoms with Crippen molar-refractivity contribution in [2.45, 2.75) is 20.4 Å². The van der Waals surface area contributed by atoms with Gasteiger partial charge in [-0.25, -0.2) is 4.98 Å². The molecule has 134 valence electrons. The topological polar surface area (TPSA) is 69.7 Å². The summed E-state index contributed by atoms with van der Waals surface area (Å²) in [6.07, 6.45) is 1.65. The quantitative estimate of drug-likeness (QED) is 0.776. The Morgan fingerprint density at radius 3 is 2.68 bits per heavy atom. The molecule has 0 aliphatic heterocycles. The standard InChI is InChI=1S/C18H21ClN2O4/c1-4-24-16-14(19)9-13(10-15(16)23-3)17(22)21-11-12-7-6-8-20-18(12)25-5-2/h6-10H,4-5,11H2,1-3H3,(H,21,22). The van der Waals surface area contributed by atoms with Gasteiger partial charge in [0.05, 0.1) is 25.3 Å². The van der Waals surface area contributed by atoms with Crippen LogP contribution < -0.4 is 19.5 Å². The number of hydrogen-bond acceptors (Lipinski definition) is 5. The highest BCUT2D eigenvalue weighted by atomic mass is 35.5. The van der Waals surface area contributed by atoms with Gasteiger partial charge in [-0.3, -0.25) is 4.79 Å². The lowest BCUT2D eigenvalue weighted by molar-refractivity contribution is 0.0950. The summed E-state index contributed by atoms with van der Waals surface area (Å²) < 4.78 is 16.2. The third-order valence-electron chi connectivity index (χ3n) is 3.35. The zero-order chi connectivity index (χ0) is 18.2. The van der Waals surface area contributed by atoms with Crippen LogP contribution in [-0.2, 0) is 6.54 Å². The first-order valence-corrected chi connectivity index (χ1v) is 8.33. The minimum Gasteiger partial charge on any atom is -0.493 e. The van der Waals surface area contributed by atoms with Gasteiger partial charge in [0.1, 0.15) is 0 Å². The molecule has 1 aromatic carbocycles. The van der Waals surface area contributed by atoms with Crippen molar-refractivity contribution in [1.82, 2.24) is 10.3 Å². The molecule has 0 saturated heterocycles. The van der Waals surface area contributed by atoms with E-state index in [2.05, 4.69) is 10.3 Å². The van der Waals surface area contributed by atoms with Gasteiger partial charge in [0, 0.05) is 23.9 Å². The lowest BCUT2D eigenvalue weighted by atomic mass is 10.1. The van der Waals surface area contributed by atoms with Gasteiger partial charge in [-0.1, -0.05) is 17.7 Å². The number of aromatic nitrogens is 1. The highest BCUT2D eigenvalue weighted by Crippen LogP contribution is 2.36. The number of amides is 1. The van der Waals surface area contributed by atoms with Crippen LogP contribution in [0, 0.1) is 0 Å². The molecule has 6 nitrogen and oxygen atoms in total. The zero-order valence-corrected chi connectivity index (χ0v) is 15.2. The van der Waals surface area contributed by atoms with Gasteiger partial charge in [0.15, 0.2) is 11.5 Å². The van der Waals surface area contributed by atoms with Gasteiger partial charge < -0.3 is 19.5 Å². The molecule has 0 saturated carbocycles. The van der Waals surface area contributed by atoms with Crippen molar-refractivity contribution in [2.24, 2.45) is 0 Å². The monoisotopic (exact) mass is 364 g/mol. The number of benzene rings is 1. The molecule has 1 heterocycles. The lowest BCUT2D eigenvalue weighted by Gasteiger charge is -2.13. The molecule has 0 aliphatic rings. The van der Waals surface area contributed by atoms with E-state index in [1.54, 1.807) is 24.4 Å². The van der Waals surface area contributed by atoms with E-state index in [4.69, 9.17) is 25.8 Å². The fourth-order valence-electron chi connectivity index (χ4n) is 2.24. The van der Waals surface area contributed by atoms with Crippen LogP contribution >= 0.6 is 11.6 Å². The molecule has 0 aliphatic carbocycles. The number of hydrogen-bond donors (Lipinski definition) is 1. The van der Waals surface area contributed by atoms with Crippen molar-refractivity contribution in [2.75, 3.05) is 20.3 Å². The maximum Gasteiger partial charge on any atom is 0.251 e. The van der Waals surface area contributed by atoms with Crippen LogP contribution in [0.4, 0.5) is 0 Å². The molecule has 2 aromatic rings. The molecule has 0 unspecified atom stereocenters. The van der Waals surface area contributed by atoms with Crippen LogP contribution in [0.3, 0.4) is 0 Å². The van der Waals surface area contributed by atoms with E-state index in [-0.39, 0.29) is 12.5 Å². The Morgan fingerprint density at radius 2 is 2.00 bits per heavy atom. The SMILES string of the molecule is CCOc1ncccc1CNC(=O)c1cc(Cl)c(OCC)c(OC)c1. The molecular weight excluding hydrogens is 344 g/mol. The minimum absolute atomic E-state index is 0.283. The Labute approximate surface area is 152 Å². The Bertz CT molecular complexity index is 737. The summed E-state index contributed by atoms with van der Waals surface area (Å²) in [5, 5.41) is 3.15. The van der Waals surface area contributed by atoms with Crippen LogP contribution in [0.5, 0.6) is 17.4 Å². The molecule has 25 heavy (non-hydrogen) atoms. The number of carbonyl (C=O) groups is 1. The van der Waals surface area contributed by atoms with Gasteiger partial charge in [0.2, 0.25) is 5.88 Å². The van der Waals surface area contributed by atoms with Crippen LogP contribution in [-0.4, -0.2) is 31.2 Å². The summed E-state index contributed by atoms with van der Waals surface area (Å²) >= 11 is 6.20. The number of rotatable bonds is 8. The molecule has 0 spiro atoms. The number of carbonyl (C=O) groups excluding carboxylic acids is 1. The van der Waals surface area contributed by atoms with Crippen molar-refractivity contribution in [1.29, 1.82) is 0 Å². The smallest absolute Gasteiger partial charge is 0.251 e. The maximum absolute atomic E-state index is 12.4. The number of nitrogens with zero attached hydrogens (tertiary/aromatic N) is 1. The molecule has 1 amide bonds. The molecule has 0 radical (unpaired) electrons. The Balaban J connectivity index is 2.15. The van der Waals surface area contributed by atoms with Crippen molar-refractivity contribution < 1.29 is 19.0 Å². The molecular formula is C18H21ClN2O4. The van der Waals surface area contributed by atoms with Crippen molar-refractivity contribution in [3.63, 3.8) is 0 Å². The summed E-state index contributed by atoms with van der Waals surface area (Å²) in [4.78, 5) is 16.6. The van der Waals surface area contributed by atoms with Gasteiger partial charge >= 0.3 is 0 Å². The van der Waals surface area contributed by atoms with Gasteiger partial charge in [0.25, 0.3) is 5.91 Å². The predicted octanol–water partition coefficient (Wildman–Crippen LogP) is 3.47. The lowest BCUT2D eigenvalue weighted by Crippen LogP contribution is -2.23. The molecule has 0 atom stereocenters. The summed E-state index contributed by atoms with van der Waals surface area (Å²) in [6, 6.07) is 6.79. The second kappa shape index (κ2) is 9.13. The minimum atomic E-state index is -0.283. The zero-order valence-electron chi connectivity index (χ0n) is 14.5. The number of nitrogens with one attached hydrogen (secondary N) is 1. The van der Waals surface area contributed by atoms with E-state index in [0.29, 0.717) is 41.2 Å². The predicted molar refractivity (Wildman–Crippen MR) is 95.7 cm³/mol. The van der Waals surface area contributed by atoms with Gasteiger partial charge in [-0.2, -0.15) is 0 Å².